The highest BCUT2D eigenvalue weighted by Gasteiger charge is 2.27. The second kappa shape index (κ2) is 46.7. The van der Waals surface area contributed by atoms with Crippen LogP contribution < -0.4 is 11.1 Å². The second-order valence-corrected chi connectivity index (χ2v) is 19.0. The van der Waals surface area contributed by atoms with Crippen LogP contribution in [0.25, 0.3) is 0 Å². The highest BCUT2D eigenvalue weighted by molar-refractivity contribution is 7.47. The molecule has 0 aromatic heterocycles. The monoisotopic (exact) mass is 883 g/mol. The molecule has 4 unspecified atom stereocenters. The number of nitrogens with two attached hydrogens (primary N) is 1. The van der Waals surface area contributed by atoms with Crippen LogP contribution in [0.3, 0.4) is 0 Å². The van der Waals surface area contributed by atoms with E-state index < -0.39 is 38.6 Å². The summed E-state index contributed by atoms with van der Waals surface area (Å²) in [5, 5.41) is 24.1. The van der Waals surface area contributed by atoms with Crippen molar-refractivity contribution in [3.05, 3.63) is 36.5 Å². The molecule has 10 heteroatoms. The fourth-order valence-electron chi connectivity index (χ4n) is 7.60. The zero-order valence-electron chi connectivity index (χ0n) is 39.8. The predicted molar refractivity (Wildman–Crippen MR) is 260 cm³/mol. The van der Waals surface area contributed by atoms with Gasteiger partial charge in [0.15, 0.2) is 0 Å². The van der Waals surface area contributed by atoms with E-state index in [0.29, 0.717) is 12.8 Å². The Labute approximate surface area is 376 Å². The zero-order chi connectivity index (χ0) is 44.8. The SMILES string of the molecule is CCCCCCCCCCCC/C=C\CCCCCCCC(O)CC(=O)NC(COP(=O)(O)OCCN)C(O)/C=C/CC/C=C/CCCCCCCCCCCCCCCC. The van der Waals surface area contributed by atoms with Crippen LogP contribution in [-0.2, 0) is 18.4 Å². The standard InChI is InChI=1S/C51H99N2O7P/c1-3-5-7-9-11-13-15-17-19-21-23-25-27-29-31-33-35-37-39-41-43-50(55)49(47-60-61(57,58)59-45-44-52)53-51(56)46-48(54)42-40-38-36-34-32-30-28-26-24-22-20-18-16-14-12-10-8-6-4-2/h26,28,33,35,41,43,48-50,54-55H,3-25,27,29-32,34,36-40,42,44-47,52H2,1-2H3,(H,53,56)(H,57,58)/b28-26-,35-33+,43-41+. The fraction of sp³-hybridized carbons (Fsp3) is 0.863. The van der Waals surface area contributed by atoms with E-state index in [-0.39, 0.29) is 19.6 Å². The Morgan fingerprint density at radius 1 is 0.557 bits per heavy atom. The molecule has 360 valence electrons. The van der Waals surface area contributed by atoms with E-state index in [2.05, 4.69) is 43.5 Å². The van der Waals surface area contributed by atoms with Crippen molar-refractivity contribution in [3.63, 3.8) is 0 Å². The molecule has 0 aromatic carbocycles. The van der Waals surface area contributed by atoms with Gasteiger partial charge in [-0.2, -0.15) is 0 Å². The summed E-state index contributed by atoms with van der Waals surface area (Å²) >= 11 is 0. The molecule has 4 atom stereocenters. The molecule has 0 aliphatic heterocycles. The minimum absolute atomic E-state index is 0.0437. The average molecular weight is 883 g/mol. The molecule has 0 radical (unpaired) electrons. The van der Waals surface area contributed by atoms with Gasteiger partial charge in [0, 0.05) is 6.54 Å². The summed E-state index contributed by atoms with van der Waals surface area (Å²) < 4.78 is 22.2. The first-order chi connectivity index (χ1) is 29.8. The zero-order valence-corrected chi connectivity index (χ0v) is 40.7. The quantitative estimate of drug-likeness (QED) is 0.0230. The van der Waals surface area contributed by atoms with E-state index in [1.165, 1.54) is 167 Å². The van der Waals surface area contributed by atoms with Crippen LogP contribution in [0.15, 0.2) is 36.5 Å². The smallest absolute Gasteiger partial charge is 0.393 e. The van der Waals surface area contributed by atoms with Gasteiger partial charge in [0.25, 0.3) is 0 Å². The second-order valence-electron chi connectivity index (χ2n) is 17.6. The summed E-state index contributed by atoms with van der Waals surface area (Å²) in [7, 11) is -4.41. The molecule has 0 aromatic rings. The molecular formula is C51H99N2O7P. The fourth-order valence-corrected chi connectivity index (χ4v) is 8.36. The Bertz CT molecular complexity index is 1070. The minimum atomic E-state index is -4.41. The molecule has 0 aliphatic carbocycles. The summed E-state index contributed by atoms with van der Waals surface area (Å²) in [6, 6.07) is -1.00. The number of carbonyl (C=O) groups is 1. The molecule has 0 aliphatic rings. The number of nitrogens with one attached hydrogen (secondary N) is 1. The highest BCUT2D eigenvalue weighted by Crippen LogP contribution is 2.43. The maximum atomic E-state index is 12.9. The van der Waals surface area contributed by atoms with E-state index in [0.717, 1.165) is 44.9 Å². The van der Waals surface area contributed by atoms with Crippen molar-refractivity contribution in [1.82, 2.24) is 5.32 Å². The topological polar surface area (TPSA) is 151 Å². The van der Waals surface area contributed by atoms with Crippen molar-refractivity contribution in [3.8, 4) is 0 Å². The largest absolute Gasteiger partial charge is 0.472 e. The lowest BCUT2D eigenvalue weighted by Gasteiger charge is -2.24. The van der Waals surface area contributed by atoms with Crippen LogP contribution in [0.1, 0.15) is 245 Å². The van der Waals surface area contributed by atoms with Gasteiger partial charge in [0.2, 0.25) is 5.91 Å². The third-order valence-electron chi connectivity index (χ3n) is 11.5. The van der Waals surface area contributed by atoms with Gasteiger partial charge in [-0.25, -0.2) is 4.57 Å². The van der Waals surface area contributed by atoms with E-state index in [9.17, 15) is 24.5 Å². The van der Waals surface area contributed by atoms with E-state index in [4.69, 9.17) is 14.8 Å². The lowest BCUT2D eigenvalue weighted by atomic mass is 10.0. The van der Waals surface area contributed by atoms with Crippen molar-refractivity contribution in [2.45, 2.75) is 263 Å². The van der Waals surface area contributed by atoms with Crippen molar-refractivity contribution >= 4 is 13.7 Å². The molecule has 0 saturated carbocycles. The van der Waals surface area contributed by atoms with Gasteiger partial charge in [0.1, 0.15) is 0 Å². The molecule has 1 amide bonds. The number of rotatable bonds is 48. The molecule has 0 rings (SSSR count). The minimum Gasteiger partial charge on any atom is -0.393 e. The van der Waals surface area contributed by atoms with Gasteiger partial charge in [-0.3, -0.25) is 13.8 Å². The molecule has 0 fully saturated rings. The van der Waals surface area contributed by atoms with Gasteiger partial charge < -0.3 is 26.2 Å². The summed E-state index contributed by atoms with van der Waals surface area (Å²) in [4.78, 5) is 22.9. The first-order valence-corrected chi connectivity index (χ1v) is 27.2. The maximum absolute atomic E-state index is 12.9. The summed E-state index contributed by atoms with van der Waals surface area (Å²) in [5.74, 6) is -0.458. The van der Waals surface area contributed by atoms with E-state index >= 15 is 0 Å². The van der Waals surface area contributed by atoms with Gasteiger partial charge in [0.05, 0.1) is 37.9 Å². The van der Waals surface area contributed by atoms with Crippen LogP contribution in [0.2, 0.25) is 0 Å². The summed E-state index contributed by atoms with van der Waals surface area (Å²) in [6.45, 7) is 3.98. The molecule has 9 nitrogen and oxygen atoms in total. The molecule has 61 heavy (non-hydrogen) atoms. The van der Waals surface area contributed by atoms with E-state index in [1.54, 1.807) is 6.08 Å². The highest BCUT2D eigenvalue weighted by atomic mass is 31.2. The Morgan fingerprint density at radius 3 is 1.36 bits per heavy atom. The predicted octanol–water partition coefficient (Wildman–Crippen LogP) is 14.0. The van der Waals surface area contributed by atoms with E-state index in [1.807, 2.05) is 6.08 Å². The lowest BCUT2D eigenvalue weighted by Crippen LogP contribution is -2.46. The molecule has 0 heterocycles. The molecule has 0 spiro atoms. The Hall–Kier alpha value is -1.32. The Balaban J connectivity index is 4.25. The number of carbonyl (C=O) groups excluding carboxylic acids is 1. The number of hydrogen-bond acceptors (Lipinski definition) is 7. The molecule has 0 bridgehead atoms. The lowest BCUT2D eigenvalue weighted by molar-refractivity contribution is -0.124. The van der Waals surface area contributed by atoms with Crippen molar-refractivity contribution in [2.24, 2.45) is 5.73 Å². The first-order valence-electron chi connectivity index (χ1n) is 25.7. The molecular weight excluding hydrogens is 784 g/mol. The summed E-state index contributed by atoms with van der Waals surface area (Å²) in [5.41, 5.74) is 5.38. The van der Waals surface area contributed by atoms with Gasteiger partial charge in [-0.05, 0) is 57.8 Å². The third kappa shape index (κ3) is 45.1. The number of hydrogen-bond donors (Lipinski definition) is 5. The molecule has 6 N–H and O–H groups in total. The normalized spacial score (nSPS) is 14.7. The van der Waals surface area contributed by atoms with Gasteiger partial charge >= 0.3 is 7.82 Å². The Morgan fingerprint density at radius 2 is 0.934 bits per heavy atom. The van der Waals surface area contributed by atoms with Crippen LogP contribution in [0, 0.1) is 0 Å². The number of allylic oxidation sites excluding steroid dienone is 5. The van der Waals surface area contributed by atoms with Crippen LogP contribution in [0.4, 0.5) is 0 Å². The van der Waals surface area contributed by atoms with Gasteiger partial charge in [-0.1, -0.05) is 217 Å². The van der Waals surface area contributed by atoms with Crippen LogP contribution in [0.5, 0.6) is 0 Å². The van der Waals surface area contributed by atoms with Crippen LogP contribution in [-0.4, -0.2) is 59.0 Å². The van der Waals surface area contributed by atoms with Crippen molar-refractivity contribution in [2.75, 3.05) is 19.8 Å². The van der Waals surface area contributed by atoms with Crippen molar-refractivity contribution in [1.29, 1.82) is 0 Å². The maximum Gasteiger partial charge on any atom is 0.472 e. The number of phosphoric ester groups is 1. The van der Waals surface area contributed by atoms with Crippen LogP contribution >= 0.6 is 7.82 Å². The number of unbranched alkanes of at least 4 members (excludes halogenated alkanes) is 30. The average Bonchev–Trinajstić information content (AvgIpc) is 3.24. The number of aliphatic hydroxyl groups excluding tert-OH is 2. The van der Waals surface area contributed by atoms with Gasteiger partial charge in [-0.15, -0.1) is 0 Å². The number of aliphatic hydroxyl groups is 2. The molecule has 0 saturated heterocycles. The van der Waals surface area contributed by atoms with Crippen molar-refractivity contribution < 1.29 is 33.5 Å². The number of amides is 1. The number of phosphoric acid groups is 1. The summed E-state index contributed by atoms with van der Waals surface area (Å²) in [6.07, 6.45) is 53.8. The Kier molecular flexibility index (Phi) is 45.7. The third-order valence-corrected chi connectivity index (χ3v) is 12.5. The first kappa shape index (κ1) is 59.7.